The number of hydrogen-bond donors (Lipinski definition) is 1. The number of carbonyl (C=O) groups excluding carboxylic acids is 2. The van der Waals surface area contributed by atoms with E-state index in [-0.39, 0.29) is 18.5 Å². The second kappa shape index (κ2) is 11.9. The summed E-state index contributed by atoms with van der Waals surface area (Å²) in [5, 5.41) is 3.44. The van der Waals surface area contributed by atoms with Crippen LogP contribution in [-0.4, -0.2) is 50.0 Å². The summed E-state index contributed by atoms with van der Waals surface area (Å²) in [6.45, 7) is 5.16. The van der Waals surface area contributed by atoms with E-state index >= 15 is 0 Å². The van der Waals surface area contributed by atoms with E-state index in [1.807, 2.05) is 13.8 Å². The van der Waals surface area contributed by atoms with Gasteiger partial charge < -0.3 is 10.2 Å². The van der Waals surface area contributed by atoms with E-state index in [0.717, 1.165) is 27.0 Å². The summed E-state index contributed by atoms with van der Waals surface area (Å²) in [6.07, 6.45) is 1.79. The van der Waals surface area contributed by atoms with Gasteiger partial charge in [0.1, 0.15) is 12.6 Å². The largest absolute Gasteiger partial charge is 0.352 e. The highest BCUT2D eigenvalue weighted by Crippen LogP contribution is 2.22. The van der Waals surface area contributed by atoms with Crippen molar-refractivity contribution in [1.82, 2.24) is 10.2 Å². The lowest BCUT2D eigenvalue weighted by atomic mass is 10.1. The third kappa shape index (κ3) is 8.01. The molecule has 0 aliphatic heterocycles. The smallest absolute Gasteiger partial charge is 0.244 e. The summed E-state index contributed by atoms with van der Waals surface area (Å²) < 4.78 is 26.8. The van der Waals surface area contributed by atoms with Crippen molar-refractivity contribution in [2.45, 2.75) is 45.8 Å². The molecule has 1 N–H and O–H groups in total. The number of sulfonamides is 1. The van der Waals surface area contributed by atoms with Crippen LogP contribution in [0.5, 0.6) is 0 Å². The maximum absolute atomic E-state index is 13.4. The van der Waals surface area contributed by atoms with Crippen LogP contribution in [-0.2, 0) is 26.2 Å². The molecule has 2 aromatic carbocycles. The van der Waals surface area contributed by atoms with E-state index in [1.54, 1.807) is 55.5 Å². The second-order valence-electron chi connectivity index (χ2n) is 7.89. The van der Waals surface area contributed by atoms with Crippen molar-refractivity contribution < 1.29 is 18.0 Å². The fourth-order valence-electron chi connectivity index (χ4n) is 3.06. The molecule has 0 aliphatic rings. The first-order valence-corrected chi connectivity index (χ1v) is 13.5. The van der Waals surface area contributed by atoms with Crippen molar-refractivity contribution >= 4 is 55.1 Å². The average molecular weight is 559 g/mol. The molecule has 0 aliphatic carbocycles. The summed E-state index contributed by atoms with van der Waals surface area (Å²) >= 11 is 9.30. The van der Waals surface area contributed by atoms with Gasteiger partial charge in [0, 0.05) is 22.1 Å². The number of anilines is 1. The molecule has 2 atom stereocenters. The fraction of sp³-hybridized carbons (Fsp3) is 0.391. The Hall–Kier alpha value is -2.10. The lowest BCUT2D eigenvalue weighted by molar-refractivity contribution is -0.139. The maximum atomic E-state index is 13.4. The SMILES string of the molecule is CC[C@H](C)NC(=O)[C@H](C)N(Cc1ccc(Cl)cc1)C(=O)CN(c1ccc(Br)cc1)S(C)(=O)=O. The Morgan fingerprint density at radius 1 is 1.06 bits per heavy atom. The number of amides is 2. The number of benzene rings is 2. The zero-order valence-corrected chi connectivity index (χ0v) is 22.2. The number of rotatable bonds is 10. The monoisotopic (exact) mass is 557 g/mol. The average Bonchev–Trinajstić information content (AvgIpc) is 2.76. The molecule has 0 bridgehead atoms. The van der Waals surface area contributed by atoms with Gasteiger partial charge in [-0.25, -0.2) is 8.42 Å². The molecule has 2 rings (SSSR count). The van der Waals surface area contributed by atoms with Crippen molar-refractivity contribution in [2.75, 3.05) is 17.1 Å². The summed E-state index contributed by atoms with van der Waals surface area (Å²) in [7, 11) is -3.75. The van der Waals surface area contributed by atoms with E-state index in [4.69, 9.17) is 11.6 Å². The number of nitrogens with one attached hydrogen (secondary N) is 1. The Bertz CT molecular complexity index is 1060. The highest BCUT2D eigenvalue weighted by atomic mass is 79.9. The second-order valence-corrected chi connectivity index (χ2v) is 11.1. The van der Waals surface area contributed by atoms with Gasteiger partial charge in [0.15, 0.2) is 0 Å². The summed E-state index contributed by atoms with van der Waals surface area (Å²) in [5.74, 6) is -0.800. The van der Waals surface area contributed by atoms with Gasteiger partial charge in [-0.3, -0.25) is 13.9 Å². The Morgan fingerprint density at radius 3 is 2.15 bits per heavy atom. The molecule has 0 fully saturated rings. The number of carbonyl (C=O) groups is 2. The molecule has 7 nitrogen and oxygen atoms in total. The van der Waals surface area contributed by atoms with Crippen LogP contribution in [0.15, 0.2) is 53.0 Å². The molecule has 0 unspecified atom stereocenters. The van der Waals surface area contributed by atoms with Crippen LogP contribution in [0, 0.1) is 0 Å². The molecular formula is C23H29BrClN3O4S. The molecule has 0 spiro atoms. The van der Waals surface area contributed by atoms with Gasteiger partial charge >= 0.3 is 0 Å². The Balaban J connectivity index is 2.36. The molecule has 180 valence electrons. The maximum Gasteiger partial charge on any atom is 0.244 e. The van der Waals surface area contributed by atoms with Crippen molar-refractivity contribution in [3.8, 4) is 0 Å². The molecule has 0 radical (unpaired) electrons. The first-order valence-electron chi connectivity index (χ1n) is 10.5. The quantitative estimate of drug-likeness (QED) is 0.474. The third-order valence-electron chi connectivity index (χ3n) is 5.23. The standard InChI is InChI=1S/C23H29BrClN3O4S/c1-5-16(2)26-23(30)17(3)27(14-18-6-10-20(25)11-7-18)22(29)15-28(33(4,31)32)21-12-8-19(24)9-13-21/h6-13,16-17H,5,14-15H2,1-4H3,(H,26,30)/t16-,17-/m0/s1. The molecule has 2 amide bonds. The normalized spacial score (nSPS) is 13.2. The minimum Gasteiger partial charge on any atom is -0.352 e. The van der Waals surface area contributed by atoms with Crippen molar-refractivity contribution in [3.63, 3.8) is 0 Å². The summed E-state index contributed by atoms with van der Waals surface area (Å²) in [4.78, 5) is 27.6. The predicted molar refractivity (Wildman–Crippen MR) is 136 cm³/mol. The molecule has 2 aromatic rings. The minimum absolute atomic E-state index is 0.0530. The van der Waals surface area contributed by atoms with Gasteiger partial charge in [0.25, 0.3) is 0 Å². The summed E-state index contributed by atoms with van der Waals surface area (Å²) in [6, 6.07) is 12.7. The predicted octanol–water partition coefficient (Wildman–Crippen LogP) is 4.20. The first-order chi connectivity index (χ1) is 15.4. The van der Waals surface area contributed by atoms with Crippen LogP contribution in [0.2, 0.25) is 5.02 Å². The Morgan fingerprint density at radius 2 is 1.64 bits per heavy atom. The van der Waals surface area contributed by atoms with E-state index in [9.17, 15) is 18.0 Å². The topological polar surface area (TPSA) is 86.8 Å². The van der Waals surface area contributed by atoms with Gasteiger partial charge in [0.05, 0.1) is 11.9 Å². The lowest BCUT2D eigenvalue weighted by Crippen LogP contribution is -2.52. The lowest BCUT2D eigenvalue weighted by Gasteiger charge is -2.32. The van der Waals surface area contributed by atoms with Crippen LogP contribution < -0.4 is 9.62 Å². The van der Waals surface area contributed by atoms with Gasteiger partial charge in [-0.2, -0.15) is 0 Å². The van der Waals surface area contributed by atoms with Crippen LogP contribution in [0.25, 0.3) is 0 Å². The Kier molecular flexibility index (Phi) is 9.75. The highest BCUT2D eigenvalue weighted by Gasteiger charge is 2.30. The molecule has 0 saturated heterocycles. The number of hydrogen-bond acceptors (Lipinski definition) is 4. The molecular weight excluding hydrogens is 530 g/mol. The minimum atomic E-state index is -3.75. The van der Waals surface area contributed by atoms with Crippen molar-refractivity contribution in [1.29, 1.82) is 0 Å². The van der Waals surface area contributed by atoms with Crippen LogP contribution in [0.4, 0.5) is 5.69 Å². The fourth-order valence-corrected chi connectivity index (χ4v) is 4.30. The highest BCUT2D eigenvalue weighted by molar-refractivity contribution is 9.10. The Labute approximate surface area is 209 Å². The third-order valence-corrected chi connectivity index (χ3v) is 7.15. The van der Waals surface area contributed by atoms with Crippen molar-refractivity contribution in [2.24, 2.45) is 0 Å². The van der Waals surface area contributed by atoms with Gasteiger partial charge in [-0.15, -0.1) is 0 Å². The molecule has 0 aromatic heterocycles. The van der Waals surface area contributed by atoms with Crippen molar-refractivity contribution in [3.05, 3.63) is 63.6 Å². The van der Waals surface area contributed by atoms with E-state index < -0.39 is 28.5 Å². The van der Waals surface area contributed by atoms with E-state index in [0.29, 0.717) is 10.7 Å². The number of halogens is 2. The van der Waals surface area contributed by atoms with Gasteiger partial charge in [-0.1, -0.05) is 46.6 Å². The van der Waals surface area contributed by atoms with Gasteiger partial charge in [0.2, 0.25) is 21.8 Å². The van der Waals surface area contributed by atoms with Crippen LogP contribution in [0.3, 0.4) is 0 Å². The molecule has 0 heterocycles. The van der Waals surface area contributed by atoms with Crippen LogP contribution >= 0.6 is 27.5 Å². The number of nitrogens with zero attached hydrogens (tertiary/aromatic N) is 2. The first kappa shape index (κ1) is 27.1. The van der Waals surface area contributed by atoms with E-state index in [1.165, 1.54) is 4.90 Å². The van der Waals surface area contributed by atoms with Crippen LogP contribution in [0.1, 0.15) is 32.8 Å². The summed E-state index contributed by atoms with van der Waals surface area (Å²) in [5.41, 5.74) is 1.13. The zero-order chi connectivity index (χ0) is 24.8. The zero-order valence-electron chi connectivity index (χ0n) is 19.1. The van der Waals surface area contributed by atoms with Gasteiger partial charge in [-0.05, 0) is 62.2 Å². The molecule has 0 saturated carbocycles. The molecule has 10 heteroatoms. The molecule has 33 heavy (non-hydrogen) atoms. The van der Waals surface area contributed by atoms with E-state index in [2.05, 4.69) is 21.2 Å².